The molecule has 1 aromatic heterocycles. The fourth-order valence-corrected chi connectivity index (χ4v) is 0.937. The zero-order chi connectivity index (χ0) is 9.84. The van der Waals surface area contributed by atoms with Crippen molar-refractivity contribution in [3.63, 3.8) is 0 Å². The lowest BCUT2D eigenvalue weighted by molar-refractivity contribution is -0.145. The highest BCUT2D eigenvalue weighted by atomic mass is 19.1. The van der Waals surface area contributed by atoms with Gasteiger partial charge in [0.2, 0.25) is 0 Å². The molecule has 70 valence electrons. The first-order chi connectivity index (χ1) is 6.09. The molecule has 0 saturated carbocycles. The van der Waals surface area contributed by atoms with Crippen LogP contribution in [0.15, 0.2) is 18.3 Å². The van der Waals surface area contributed by atoms with E-state index in [0.29, 0.717) is 5.69 Å². The van der Waals surface area contributed by atoms with Gasteiger partial charge in [0.05, 0.1) is 11.9 Å². The van der Waals surface area contributed by atoms with Crippen LogP contribution in [0, 0.1) is 5.82 Å². The van der Waals surface area contributed by atoms with Gasteiger partial charge in [0, 0.05) is 6.92 Å². The molecule has 0 bridgehead atoms. The average molecular weight is 183 g/mol. The molecule has 0 fully saturated rings. The minimum absolute atomic E-state index is 0.376. The molecule has 0 radical (unpaired) electrons. The van der Waals surface area contributed by atoms with Gasteiger partial charge in [-0.15, -0.1) is 0 Å². The molecular weight excluding hydrogens is 173 g/mol. The van der Waals surface area contributed by atoms with Crippen LogP contribution < -0.4 is 0 Å². The second kappa shape index (κ2) is 3.98. The van der Waals surface area contributed by atoms with Crippen molar-refractivity contribution >= 4 is 5.97 Å². The first kappa shape index (κ1) is 9.64. The molecular formula is C9H10FNO2. The van der Waals surface area contributed by atoms with Crippen LogP contribution in [0.25, 0.3) is 0 Å². The Labute approximate surface area is 75.6 Å². The molecule has 4 heteroatoms. The van der Waals surface area contributed by atoms with E-state index >= 15 is 0 Å². The first-order valence-electron chi connectivity index (χ1n) is 3.88. The molecule has 0 aliphatic rings. The third kappa shape index (κ3) is 2.82. The molecule has 0 aromatic carbocycles. The Bertz CT molecular complexity index is 297. The predicted molar refractivity (Wildman–Crippen MR) is 44.4 cm³/mol. The minimum atomic E-state index is -0.432. The van der Waals surface area contributed by atoms with Crippen LogP contribution in [0.3, 0.4) is 0 Å². The van der Waals surface area contributed by atoms with Crippen LogP contribution in [0.4, 0.5) is 4.39 Å². The molecule has 1 atom stereocenters. The lowest BCUT2D eigenvalue weighted by Gasteiger charge is -2.10. The lowest BCUT2D eigenvalue weighted by Crippen LogP contribution is -2.06. The average Bonchev–Trinajstić information content (AvgIpc) is 2.04. The highest BCUT2D eigenvalue weighted by molar-refractivity contribution is 5.66. The normalized spacial score (nSPS) is 12.2. The fraction of sp³-hybridized carbons (Fsp3) is 0.333. The number of carbonyl (C=O) groups is 1. The zero-order valence-electron chi connectivity index (χ0n) is 7.45. The van der Waals surface area contributed by atoms with Crippen molar-refractivity contribution in [3.05, 3.63) is 29.8 Å². The van der Waals surface area contributed by atoms with Gasteiger partial charge < -0.3 is 4.74 Å². The van der Waals surface area contributed by atoms with Crippen molar-refractivity contribution in [2.24, 2.45) is 0 Å². The molecule has 0 aliphatic carbocycles. The maximum Gasteiger partial charge on any atom is 0.303 e. The molecule has 1 aromatic rings. The van der Waals surface area contributed by atoms with Gasteiger partial charge in [0.1, 0.15) is 11.9 Å². The fourth-order valence-electron chi connectivity index (χ4n) is 0.937. The number of esters is 1. The van der Waals surface area contributed by atoms with E-state index in [1.165, 1.54) is 19.1 Å². The number of rotatable bonds is 2. The molecule has 0 saturated heterocycles. The summed E-state index contributed by atoms with van der Waals surface area (Å²) in [5, 5.41) is 0. The van der Waals surface area contributed by atoms with Crippen LogP contribution in [-0.4, -0.2) is 11.0 Å². The summed E-state index contributed by atoms with van der Waals surface area (Å²) < 4.78 is 17.3. The Hall–Kier alpha value is -1.45. The summed E-state index contributed by atoms with van der Waals surface area (Å²) in [6, 6.07) is 2.77. The number of ether oxygens (including phenoxy) is 1. The number of hydrogen-bond acceptors (Lipinski definition) is 3. The first-order valence-corrected chi connectivity index (χ1v) is 3.88. The van der Waals surface area contributed by atoms with E-state index < -0.39 is 11.9 Å². The molecule has 0 amide bonds. The Morgan fingerprint density at radius 2 is 2.31 bits per heavy atom. The van der Waals surface area contributed by atoms with Gasteiger partial charge >= 0.3 is 5.97 Å². The van der Waals surface area contributed by atoms with Gasteiger partial charge in [0.15, 0.2) is 0 Å². The highest BCUT2D eigenvalue weighted by Crippen LogP contribution is 2.13. The molecule has 0 spiro atoms. The van der Waals surface area contributed by atoms with Gasteiger partial charge in [-0.3, -0.25) is 9.78 Å². The summed E-state index contributed by atoms with van der Waals surface area (Å²) in [5.41, 5.74) is 0.539. The predicted octanol–water partition coefficient (Wildman–Crippen LogP) is 1.84. The SMILES string of the molecule is CC(=O)O[C@H](C)c1ccc(F)cn1. The van der Waals surface area contributed by atoms with Gasteiger partial charge in [-0.25, -0.2) is 4.39 Å². The number of nitrogens with zero attached hydrogens (tertiary/aromatic N) is 1. The molecule has 1 rings (SSSR count). The van der Waals surface area contributed by atoms with Crippen LogP contribution in [0.1, 0.15) is 25.6 Å². The van der Waals surface area contributed by atoms with Crippen molar-refractivity contribution in [1.82, 2.24) is 4.98 Å². The second-order valence-corrected chi connectivity index (χ2v) is 2.65. The quantitative estimate of drug-likeness (QED) is 0.657. The molecule has 13 heavy (non-hydrogen) atoms. The van der Waals surface area contributed by atoms with E-state index in [4.69, 9.17) is 4.74 Å². The zero-order valence-corrected chi connectivity index (χ0v) is 7.45. The molecule has 1 heterocycles. The Morgan fingerprint density at radius 3 is 2.77 bits per heavy atom. The highest BCUT2D eigenvalue weighted by Gasteiger charge is 2.09. The summed E-state index contributed by atoms with van der Waals surface area (Å²) in [7, 11) is 0. The number of halogens is 1. The van der Waals surface area contributed by atoms with Crippen LogP contribution in [-0.2, 0) is 9.53 Å². The third-order valence-electron chi connectivity index (χ3n) is 1.51. The van der Waals surface area contributed by atoms with E-state index in [1.54, 1.807) is 6.92 Å². The molecule has 3 nitrogen and oxygen atoms in total. The van der Waals surface area contributed by atoms with Gasteiger partial charge in [-0.1, -0.05) is 0 Å². The van der Waals surface area contributed by atoms with Crippen molar-refractivity contribution in [1.29, 1.82) is 0 Å². The van der Waals surface area contributed by atoms with Crippen molar-refractivity contribution in [2.45, 2.75) is 20.0 Å². The maximum absolute atomic E-state index is 12.4. The number of aromatic nitrogens is 1. The minimum Gasteiger partial charge on any atom is -0.456 e. The van der Waals surface area contributed by atoms with Gasteiger partial charge in [-0.05, 0) is 19.1 Å². The van der Waals surface area contributed by atoms with Crippen molar-refractivity contribution in [2.75, 3.05) is 0 Å². The summed E-state index contributed by atoms with van der Waals surface area (Å²) in [4.78, 5) is 14.3. The summed E-state index contributed by atoms with van der Waals surface area (Å²) in [6.07, 6.45) is 0.660. The Kier molecular flexibility index (Phi) is 2.95. The smallest absolute Gasteiger partial charge is 0.303 e. The third-order valence-corrected chi connectivity index (χ3v) is 1.51. The maximum atomic E-state index is 12.4. The Balaban J connectivity index is 2.71. The van der Waals surface area contributed by atoms with E-state index in [1.807, 2.05) is 0 Å². The molecule has 0 aliphatic heterocycles. The monoisotopic (exact) mass is 183 g/mol. The van der Waals surface area contributed by atoms with E-state index in [2.05, 4.69) is 4.98 Å². The Morgan fingerprint density at radius 1 is 1.62 bits per heavy atom. The largest absolute Gasteiger partial charge is 0.456 e. The van der Waals surface area contributed by atoms with E-state index in [9.17, 15) is 9.18 Å². The standard InChI is InChI=1S/C9H10FNO2/c1-6(13-7(2)12)9-4-3-8(10)5-11-9/h3-6H,1-2H3/t6-/m1/s1. The summed E-state index contributed by atoms with van der Waals surface area (Å²) >= 11 is 0. The number of pyridine rings is 1. The van der Waals surface area contributed by atoms with Crippen LogP contribution in [0.5, 0.6) is 0 Å². The lowest BCUT2D eigenvalue weighted by atomic mass is 10.2. The van der Waals surface area contributed by atoms with E-state index in [-0.39, 0.29) is 5.97 Å². The summed E-state index contributed by atoms with van der Waals surface area (Å²) in [6.45, 7) is 3.00. The number of hydrogen-bond donors (Lipinski definition) is 0. The van der Waals surface area contributed by atoms with Crippen LogP contribution in [0.2, 0.25) is 0 Å². The van der Waals surface area contributed by atoms with Crippen molar-refractivity contribution < 1.29 is 13.9 Å². The second-order valence-electron chi connectivity index (χ2n) is 2.65. The van der Waals surface area contributed by atoms with Crippen LogP contribution >= 0.6 is 0 Å². The molecule has 0 N–H and O–H groups in total. The number of carbonyl (C=O) groups excluding carboxylic acids is 1. The van der Waals surface area contributed by atoms with Gasteiger partial charge in [0.25, 0.3) is 0 Å². The van der Waals surface area contributed by atoms with Crippen molar-refractivity contribution in [3.8, 4) is 0 Å². The summed E-state index contributed by atoms with van der Waals surface area (Å²) in [5.74, 6) is -0.780. The van der Waals surface area contributed by atoms with E-state index in [0.717, 1.165) is 6.20 Å². The van der Waals surface area contributed by atoms with Gasteiger partial charge in [-0.2, -0.15) is 0 Å². The molecule has 0 unspecified atom stereocenters. The topological polar surface area (TPSA) is 39.2 Å².